The molecule has 2 saturated heterocycles. The standard InChI is InChI=1S/C23H36N4O2/c1-16(2)23(28)27-12-5-4-8-20(27)21-24-17(3)19-7-6-11-26(22(19)25-21)15-18-9-13-29-14-10-18/h16,18,20H,4-15H2,1-3H3/t20-/m1/s1. The van der Waals surface area contributed by atoms with Gasteiger partial charge in [-0.1, -0.05) is 13.8 Å². The summed E-state index contributed by atoms with van der Waals surface area (Å²) < 4.78 is 5.55. The van der Waals surface area contributed by atoms with Gasteiger partial charge >= 0.3 is 0 Å². The number of nitrogens with zero attached hydrogens (tertiary/aromatic N) is 4. The lowest BCUT2D eigenvalue weighted by Gasteiger charge is -2.38. The Morgan fingerprint density at radius 1 is 1.10 bits per heavy atom. The molecule has 1 aromatic rings. The van der Waals surface area contributed by atoms with Gasteiger partial charge < -0.3 is 14.5 Å². The highest BCUT2D eigenvalue weighted by atomic mass is 16.5. The number of amides is 1. The van der Waals surface area contributed by atoms with E-state index in [-0.39, 0.29) is 17.9 Å². The number of ether oxygens (including phenoxy) is 1. The van der Waals surface area contributed by atoms with Crippen LogP contribution in [0.4, 0.5) is 5.82 Å². The van der Waals surface area contributed by atoms with Crippen molar-refractivity contribution in [2.45, 2.75) is 71.8 Å². The molecule has 0 aromatic carbocycles. The molecule has 29 heavy (non-hydrogen) atoms. The molecule has 0 saturated carbocycles. The highest BCUT2D eigenvalue weighted by Gasteiger charge is 2.33. The van der Waals surface area contributed by atoms with E-state index in [2.05, 4.69) is 11.8 Å². The number of carbonyl (C=O) groups is 1. The predicted octanol–water partition coefficient (Wildman–Crippen LogP) is 3.67. The molecule has 3 aliphatic heterocycles. The Labute approximate surface area is 175 Å². The first kappa shape index (κ1) is 20.6. The number of hydrogen-bond donors (Lipinski definition) is 0. The summed E-state index contributed by atoms with van der Waals surface area (Å²) in [6.45, 7) is 10.8. The Morgan fingerprint density at radius 3 is 2.66 bits per heavy atom. The van der Waals surface area contributed by atoms with E-state index in [0.29, 0.717) is 5.92 Å². The van der Waals surface area contributed by atoms with Gasteiger partial charge in [-0.05, 0) is 57.8 Å². The highest BCUT2D eigenvalue weighted by molar-refractivity contribution is 5.78. The summed E-state index contributed by atoms with van der Waals surface area (Å²) in [5.41, 5.74) is 2.41. The monoisotopic (exact) mass is 400 g/mol. The summed E-state index contributed by atoms with van der Waals surface area (Å²) in [4.78, 5) is 27.4. The number of anilines is 1. The molecule has 160 valence electrons. The van der Waals surface area contributed by atoms with Crippen LogP contribution in [0.25, 0.3) is 0 Å². The van der Waals surface area contributed by atoms with Gasteiger partial charge in [-0.25, -0.2) is 9.97 Å². The Kier molecular flexibility index (Phi) is 6.38. The van der Waals surface area contributed by atoms with E-state index in [4.69, 9.17) is 14.7 Å². The second kappa shape index (κ2) is 8.99. The van der Waals surface area contributed by atoms with Gasteiger partial charge in [0, 0.05) is 50.0 Å². The first-order chi connectivity index (χ1) is 14.0. The molecule has 1 aromatic heterocycles. The maximum Gasteiger partial charge on any atom is 0.225 e. The molecule has 0 aliphatic carbocycles. The Balaban J connectivity index is 1.62. The summed E-state index contributed by atoms with van der Waals surface area (Å²) >= 11 is 0. The van der Waals surface area contributed by atoms with Gasteiger partial charge in [0.2, 0.25) is 5.91 Å². The molecule has 4 rings (SSSR count). The third kappa shape index (κ3) is 4.42. The molecule has 0 N–H and O–H groups in total. The summed E-state index contributed by atoms with van der Waals surface area (Å²) in [6.07, 6.45) is 7.69. The Morgan fingerprint density at radius 2 is 1.90 bits per heavy atom. The summed E-state index contributed by atoms with van der Waals surface area (Å²) in [5, 5.41) is 0. The van der Waals surface area contributed by atoms with Crippen molar-refractivity contribution >= 4 is 11.7 Å². The van der Waals surface area contributed by atoms with Gasteiger partial charge in [-0.2, -0.15) is 0 Å². The van der Waals surface area contributed by atoms with Crippen molar-refractivity contribution < 1.29 is 9.53 Å². The van der Waals surface area contributed by atoms with E-state index >= 15 is 0 Å². The van der Waals surface area contributed by atoms with Crippen LogP contribution in [0.1, 0.15) is 75.5 Å². The fourth-order valence-electron chi connectivity index (χ4n) is 5.07. The Hall–Kier alpha value is -1.69. The molecule has 0 spiro atoms. The quantitative estimate of drug-likeness (QED) is 0.772. The lowest BCUT2D eigenvalue weighted by molar-refractivity contribution is -0.138. The van der Waals surface area contributed by atoms with Crippen LogP contribution < -0.4 is 4.90 Å². The number of likely N-dealkylation sites (tertiary alicyclic amines) is 1. The first-order valence-electron chi connectivity index (χ1n) is 11.5. The molecular formula is C23H36N4O2. The second-order valence-corrected chi connectivity index (χ2v) is 9.27. The predicted molar refractivity (Wildman–Crippen MR) is 114 cm³/mol. The maximum absolute atomic E-state index is 12.8. The van der Waals surface area contributed by atoms with Crippen LogP contribution in [0.3, 0.4) is 0 Å². The molecule has 0 unspecified atom stereocenters. The minimum absolute atomic E-state index is 0.0133. The fourth-order valence-corrected chi connectivity index (χ4v) is 5.07. The van der Waals surface area contributed by atoms with Gasteiger partial charge in [-0.15, -0.1) is 0 Å². The topological polar surface area (TPSA) is 58.6 Å². The molecule has 0 bridgehead atoms. The van der Waals surface area contributed by atoms with Crippen molar-refractivity contribution in [1.29, 1.82) is 0 Å². The molecule has 0 radical (unpaired) electrons. The molecule has 4 heterocycles. The number of piperidine rings is 1. The van der Waals surface area contributed by atoms with Crippen LogP contribution in [0.5, 0.6) is 0 Å². The zero-order valence-electron chi connectivity index (χ0n) is 18.3. The van der Waals surface area contributed by atoms with Crippen molar-refractivity contribution in [2.75, 3.05) is 37.7 Å². The van der Waals surface area contributed by atoms with Crippen LogP contribution in [0, 0.1) is 18.8 Å². The van der Waals surface area contributed by atoms with E-state index in [1.807, 2.05) is 18.7 Å². The number of carbonyl (C=O) groups excluding carboxylic acids is 1. The molecule has 6 heteroatoms. The largest absolute Gasteiger partial charge is 0.381 e. The molecule has 2 fully saturated rings. The van der Waals surface area contributed by atoms with Gasteiger partial charge in [0.05, 0.1) is 6.04 Å². The Bertz CT molecular complexity index is 730. The third-order valence-corrected chi connectivity index (χ3v) is 6.76. The average Bonchev–Trinajstić information content (AvgIpc) is 2.74. The SMILES string of the molecule is Cc1nc([C@H]2CCCCN2C(=O)C(C)C)nc2c1CCCN2CC1CCOCC1. The molecule has 3 aliphatic rings. The number of aryl methyl sites for hydroxylation is 1. The zero-order chi connectivity index (χ0) is 20.4. The minimum atomic E-state index is 0.0133. The van der Waals surface area contributed by atoms with Gasteiger partial charge in [-0.3, -0.25) is 4.79 Å². The molecule has 1 amide bonds. The third-order valence-electron chi connectivity index (χ3n) is 6.76. The van der Waals surface area contributed by atoms with Crippen molar-refractivity contribution in [1.82, 2.24) is 14.9 Å². The van der Waals surface area contributed by atoms with Crippen molar-refractivity contribution in [3.8, 4) is 0 Å². The van der Waals surface area contributed by atoms with E-state index in [1.54, 1.807) is 0 Å². The van der Waals surface area contributed by atoms with Gasteiger partial charge in [0.15, 0.2) is 5.82 Å². The van der Waals surface area contributed by atoms with E-state index < -0.39 is 0 Å². The lowest BCUT2D eigenvalue weighted by atomic mass is 9.96. The van der Waals surface area contributed by atoms with Crippen LogP contribution in [-0.4, -0.2) is 53.6 Å². The molecule has 6 nitrogen and oxygen atoms in total. The number of hydrogen-bond acceptors (Lipinski definition) is 5. The molecular weight excluding hydrogens is 364 g/mol. The number of fused-ring (bicyclic) bond motifs is 1. The maximum atomic E-state index is 12.8. The van der Waals surface area contributed by atoms with E-state index in [1.165, 1.54) is 12.0 Å². The van der Waals surface area contributed by atoms with E-state index in [9.17, 15) is 4.79 Å². The van der Waals surface area contributed by atoms with Crippen LogP contribution >= 0.6 is 0 Å². The summed E-state index contributed by atoms with van der Waals surface area (Å²) in [7, 11) is 0. The lowest BCUT2D eigenvalue weighted by Crippen LogP contribution is -2.42. The number of aromatic nitrogens is 2. The highest BCUT2D eigenvalue weighted by Crippen LogP contribution is 2.35. The van der Waals surface area contributed by atoms with E-state index in [0.717, 1.165) is 88.7 Å². The van der Waals surface area contributed by atoms with Gasteiger partial charge in [0.25, 0.3) is 0 Å². The summed E-state index contributed by atoms with van der Waals surface area (Å²) in [6, 6.07) is 0.0227. The smallest absolute Gasteiger partial charge is 0.225 e. The first-order valence-corrected chi connectivity index (χ1v) is 11.5. The van der Waals surface area contributed by atoms with Crippen molar-refractivity contribution in [3.63, 3.8) is 0 Å². The summed E-state index contributed by atoms with van der Waals surface area (Å²) in [5.74, 6) is 2.91. The van der Waals surface area contributed by atoms with Crippen LogP contribution in [-0.2, 0) is 16.0 Å². The number of rotatable bonds is 4. The average molecular weight is 401 g/mol. The second-order valence-electron chi connectivity index (χ2n) is 9.27. The van der Waals surface area contributed by atoms with Crippen LogP contribution in [0.15, 0.2) is 0 Å². The minimum Gasteiger partial charge on any atom is -0.381 e. The molecule has 1 atom stereocenters. The van der Waals surface area contributed by atoms with Gasteiger partial charge in [0.1, 0.15) is 5.82 Å². The fraction of sp³-hybridized carbons (Fsp3) is 0.783. The van der Waals surface area contributed by atoms with Crippen molar-refractivity contribution in [3.05, 3.63) is 17.1 Å². The van der Waals surface area contributed by atoms with Crippen molar-refractivity contribution in [2.24, 2.45) is 11.8 Å². The van der Waals surface area contributed by atoms with Crippen LogP contribution in [0.2, 0.25) is 0 Å². The zero-order valence-corrected chi connectivity index (χ0v) is 18.3. The normalized spacial score (nSPS) is 23.4.